The number of carboxylic acid groups (broad SMARTS) is 1. The Hall–Kier alpha value is -2.50. The van der Waals surface area contributed by atoms with E-state index >= 15 is 0 Å². The van der Waals surface area contributed by atoms with Gasteiger partial charge in [0.1, 0.15) is 0 Å². The van der Waals surface area contributed by atoms with Crippen LogP contribution in [0.2, 0.25) is 0 Å². The van der Waals surface area contributed by atoms with E-state index in [1.165, 1.54) is 24.3 Å². The number of rotatable bonds is 14. The Bertz CT molecular complexity index is 609. The molecule has 0 atom stereocenters. The summed E-state index contributed by atoms with van der Waals surface area (Å²) in [5.41, 5.74) is 0.602. The number of aromatic hydroxyl groups is 2. The first-order valence-corrected chi connectivity index (χ1v) is 9.57. The predicted octanol–water partition coefficient (Wildman–Crippen LogP) is 4.64. The van der Waals surface area contributed by atoms with Crippen LogP contribution in [0.3, 0.4) is 0 Å². The maximum Gasteiger partial charge on any atom is 0.330 e. The van der Waals surface area contributed by atoms with Crippen LogP contribution in [0.4, 0.5) is 0 Å². The predicted molar refractivity (Wildman–Crippen MR) is 104 cm³/mol. The number of hydrogen-bond donors (Lipinski definition) is 3. The molecule has 1 rings (SSSR count). The van der Waals surface area contributed by atoms with Gasteiger partial charge in [0.2, 0.25) is 0 Å². The Morgan fingerprint density at radius 3 is 2.04 bits per heavy atom. The van der Waals surface area contributed by atoms with Crippen LogP contribution in [0, 0.1) is 0 Å². The molecular formula is C21H30O6. The number of aliphatic carboxylic acids is 1. The Labute approximate surface area is 160 Å². The quantitative estimate of drug-likeness (QED) is 0.189. The molecule has 0 fully saturated rings. The third kappa shape index (κ3) is 11.7. The van der Waals surface area contributed by atoms with Crippen LogP contribution in [0.1, 0.15) is 69.8 Å². The van der Waals surface area contributed by atoms with E-state index in [1.807, 2.05) is 0 Å². The van der Waals surface area contributed by atoms with Gasteiger partial charge in [0, 0.05) is 12.5 Å². The summed E-state index contributed by atoms with van der Waals surface area (Å²) in [6.07, 6.45) is 12.4. The molecule has 0 aliphatic carbocycles. The van der Waals surface area contributed by atoms with Gasteiger partial charge in [0.25, 0.3) is 0 Å². The van der Waals surface area contributed by atoms with Crippen molar-refractivity contribution in [3.8, 4) is 11.5 Å². The van der Waals surface area contributed by atoms with Crippen molar-refractivity contribution >= 4 is 18.0 Å². The Kier molecular flexibility index (Phi) is 11.4. The van der Waals surface area contributed by atoms with Crippen LogP contribution < -0.4 is 0 Å². The van der Waals surface area contributed by atoms with E-state index in [1.54, 1.807) is 6.07 Å². The molecule has 0 aliphatic heterocycles. The molecule has 0 heterocycles. The third-order valence-corrected chi connectivity index (χ3v) is 4.19. The van der Waals surface area contributed by atoms with E-state index in [9.17, 15) is 19.8 Å². The van der Waals surface area contributed by atoms with Gasteiger partial charge in [0.15, 0.2) is 11.5 Å². The molecule has 0 saturated heterocycles. The molecule has 0 amide bonds. The molecule has 0 saturated carbocycles. The lowest BCUT2D eigenvalue weighted by Gasteiger charge is -2.03. The summed E-state index contributed by atoms with van der Waals surface area (Å²) in [5, 5.41) is 27.1. The maximum atomic E-state index is 11.6. The summed E-state index contributed by atoms with van der Waals surface area (Å²) in [7, 11) is 0. The summed E-state index contributed by atoms with van der Waals surface area (Å²) in [4.78, 5) is 22.0. The van der Waals surface area contributed by atoms with Crippen molar-refractivity contribution in [2.75, 3.05) is 6.61 Å². The number of carbonyl (C=O) groups excluding carboxylic acids is 1. The number of carboxylic acids is 1. The van der Waals surface area contributed by atoms with Crippen molar-refractivity contribution in [3.05, 3.63) is 29.8 Å². The van der Waals surface area contributed by atoms with Gasteiger partial charge in [-0.1, -0.05) is 51.0 Å². The van der Waals surface area contributed by atoms with E-state index in [-0.39, 0.29) is 17.9 Å². The first kappa shape index (κ1) is 22.5. The van der Waals surface area contributed by atoms with Crippen LogP contribution >= 0.6 is 0 Å². The van der Waals surface area contributed by atoms with Crippen molar-refractivity contribution in [1.29, 1.82) is 0 Å². The summed E-state index contributed by atoms with van der Waals surface area (Å²) in [6, 6.07) is 4.31. The standard InChI is InChI=1S/C21H30O6/c22-18-13-11-17(16-19(18)23)12-14-21(26)27-15-9-7-5-3-1-2-4-6-8-10-20(24)25/h11-14,16,22-23H,1-10,15H2,(H,24,25). The van der Waals surface area contributed by atoms with Crippen molar-refractivity contribution < 1.29 is 29.6 Å². The highest BCUT2D eigenvalue weighted by Gasteiger charge is 2.01. The average Bonchev–Trinajstić information content (AvgIpc) is 2.63. The Morgan fingerprint density at radius 2 is 1.44 bits per heavy atom. The molecule has 0 spiro atoms. The number of carbonyl (C=O) groups is 2. The molecule has 0 aliphatic rings. The van der Waals surface area contributed by atoms with Crippen LogP contribution in [0.25, 0.3) is 6.08 Å². The number of phenols is 2. The van der Waals surface area contributed by atoms with Gasteiger partial charge < -0.3 is 20.1 Å². The molecule has 150 valence electrons. The molecule has 6 heteroatoms. The van der Waals surface area contributed by atoms with Gasteiger partial charge in [-0.25, -0.2) is 4.79 Å². The molecule has 1 aromatic rings. The van der Waals surface area contributed by atoms with Gasteiger partial charge in [-0.2, -0.15) is 0 Å². The first-order chi connectivity index (χ1) is 13.0. The molecule has 6 nitrogen and oxygen atoms in total. The lowest BCUT2D eigenvalue weighted by Crippen LogP contribution is -2.02. The number of phenolic OH excluding ortho intramolecular Hbond substituents is 2. The highest BCUT2D eigenvalue weighted by molar-refractivity contribution is 5.87. The molecule has 0 radical (unpaired) electrons. The zero-order valence-electron chi connectivity index (χ0n) is 15.7. The zero-order chi connectivity index (χ0) is 19.9. The largest absolute Gasteiger partial charge is 0.504 e. The van der Waals surface area contributed by atoms with Crippen molar-refractivity contribution in [2.45, 2.75) is 64.2 Å². The minimum atomic E-state index is -0.717. The van der Waals surface area contributed by atoms with E-state index in [4.69, 9.17) is 9.84 Å². The second-order valence-corrected chi connectivity index (χ2v) is 6.57. The van der Waals surface area contributed by atoms with Gasteiger partial charge in [-0.15, -0.1) is 0 Å². The summed E-state index contributed by atoms with van der Waals surface area (Å²) >= 11 is 0. The number of ether oxygens (including phenoxy) is 1. The number of esters is 1. The van der Waals surface area contributed by atoms with Crippen molar-refractivity contribution in [3.63, 3.8) is 0 Å². The van der Waals surface area contributed by atoms with E-state index < -0.39 is 11.9 Å². The van der Waals surface area contributed by atoms with Gasteiger partial charge in [-0.05, 0) is 36.6 Å². The Balaban J connectivity index is 1.97. The van der Waals surface area contributed by atoms with Crippen LogP contribution in [0.5, 0.6) is 11.5 Å². The number of hydrogen-bond acceptors (Lipinski definition) is 5. The highest BCUT2D eigenvalue weighted by atomic mass is 16.5. The number of unbranched alkanes of at least 4 members (excludes halogenated alkanes) is 8. The maximum absolute atomic E-state index is 11.6. The SMILES string of the molecule is O=C(O)CCCCCCCCCCCOC(=O)C=Cc1ccc(O)c(O)c1. The molecular weight excluding hydrogens is 348 g/mol. The topological polar surface area (TPSA) is 104 Å². The summed E-state index contributed by atoms with van der Waals surface area (Å²) in [5.74, 6) is -1.58. The fraction of sp³-hybridized carbons (Fsp3) is 0.524. The lowest BCUT2D eigenvalue weighted by molar-refractivity contribution is -0.138. The molecule has 0 unspecified atom stereocenters. The molecule has 0 aromatic heterocycles. The molecule has 27 heavy (non-hydrogen) atoms. The molecule has 1 aromatic carbocycles. The molecule has 3 N–H and O–H groups in total. The zero-order valence-corrected chi connectivity index (χ0v) is 15.7. The first-order valence-electron chi connectivity index (χ1n) is 9.57. The van der Waals surface area contributed by atoms with Gasteiger partial charge in [-0.3, -0.25) is 4.79 Å². The lowest BCUT2D eigenvalue weighted by atomic mass is 10.1. The normalized spacial score (nSPS) is 11.0. The van der Waals surface area contributed by atoms with Gasteiger partial charge in [0.05, 0.1) is 6.61 Å². The summed E-state index contributed by atoms with van der Waals surface area (Å²) < 4.78 is 5.12. The minimum absolute atomic E-state index is 0.201. The second-order valence-electron chi connectivity index (χ2n) is 6.57. The van der Waals surface area contributed by atoms with E-state index in [0.29, 0.717) is 12.2 Å². The smallest absolute Gasteiger partial charge is 0.330 e. The average molecular weight is 378 g/mol. The molecule has 0 bridgehead atoms. The summed E-state index contributed by atoms with van der Waals surface area (Å²) in [6.45, 7) is 0.388. The minimum Gasteiger partial charge on any atom is -0.504 e. The van der Waals surface area contributed by atoms with Crippen molar-refractivity contribution in [1.82, 2.24) is 0 Å². The Morgan fingerprint density at radius 1 is 0.852 bits per heavy atom. The highest BCUT2D eigenvalue weighted by Crippen LogP contribution is 2.25. The fourth-order valence-corrected chi connectivity index (χ4v) is 2.64. The monoisotopic (exact) mass is 378 g/mol. The van der Waals surface area contributed by atoms with Crippen LogP contribution in [0.15, 0.2) is 24.3 Å². The van der Waals surface area contributed by atoms with E-state index in [2.05, 4.69) is 0 Å². The fourth-order valence-electron chi connectivity index (χ4n) is 2.64. The van der Waals surface area contributed by atoms with E-state index in [0.717, 1.165) is 57.8 Å². The third-order valence-electron chi connectivity index (χ3n) is 4.19. The van der Waals surface area contributed by atoms with Crippen LogP contribution in [-0.4, -0.2) is 33.9 Å². The van der Waals surface area contributed by atoms with Crippen LogP contribution in [-0.2, 0) is 14.3 Å². The van der Waals surface area contributed by atoms with Crippen molar-refractivity contribution in [2.24, 2.45) is 0 Å². The van der Waals surface area contributed by atoms with Gasteiger partial charge >= 0.3 is 11.9 Å². The number of benzene rings is 1. The second kappa shape index (κ2) is 13.7.